The monoisotopic (exact) mass is 1460 g/mol. The van der Waals surface area contributed by atoms with Gasteiger partial charge in [0, 0.05) is 70.1 Å². The van der Waals surface area contributed by atoms with Crippen LogP contribution in [0.5, 0.6) is 17.2 Å². The van der Waals surface area contributed by atoms with Crippen LogP contribution in [-0.4, -0.2) is 92.5 Å². The van der Waals surface area contributed by atoms with Crippen LogP contribution < -0.4 is 30.9 Å². The maximum absolute atomic E-state index is 13.2. The Morgan fingerprint density at radius 2 is 0.859 bits per heavy atom. The van der Waals surface area contributed by atoms with Crippen LogP contribution in [0.2, 0.25) is 0 Å². The number of nitrogens with zero attached hydrogens (tertiary/aromatic N) is 14. The van der Waals surface area contributed by atoms with E-state index < -0.39 is 25.4 Å². The zero-order chi connectivity index (χ0) is 65.7. The van der Waals surface area contributed by atoms with Crippen LogP contribution in [0, 0.1) is 0 Å². The molecule has 0 saturated heterocycles. The Kier molecular flexibility index (Phi) is 20.1. The summed E-state index contributed by atoms with van der Waals surface area (Å²) in [6.45, 7) is -4.33. The molecule has 0 aliphatic carbocycles. The Bertz CT molecular complexity index is 4780. The molecule has 0 spiro atoms. The zero-order valence-electron chi connectivity index (χ0n) is 49.4. The van der Waals surface area contributed by atoms with E-state index in [0.29, 0.717) is 73.4 Å². The molecule has 0 aliphatic heterocycles. The van der Waals surface area contributed by atoms with Crippen molar-refractivity contribution in [1.82, 2.24) is 67.6 Å². The van der Waals surface area contributed by atoms with Crippen LogP contribution in [-0.2, 0) is 64.8 Å². The molecule has 92 heavy (non-hydrogen) atoms. The fraction of sp³-hybridized carbons (Fsp3) is 0.242. The molecule has 12 aromatic rings. The molecule has 6 aromatic carbocycles. The third kappa shape index (κ3) is 15.1. The smallest absolute Gasteiger partial charge is 0.387 e. The Labute approximate surface area is 543 Å². The highest BCUT2D eigenvalue weighted by Gasteiger charge is 2.23. The minimum absolute atomic E-state index is 0.0170. The van der Waals surface area contributed by atoms with Crippen LogP contribution in [0.4, 0.5) is 26.3 Å². The summed E-state index contributed by atoms with van der Waals surface area (Å²) in [5.74, 6) is 0.468. The third-order valence-corrected chi connectivity index (χ3v) is 16.3. The largest absolute Gasteiger partial charge is 0.434 e. The Morgan fingerprint density at radius 1 is 0.489 bits per heavy atom. The van der Waals surface area contributed by atoms with Crippen LogP contribution in [0.15, 0.2) is 170 Å². The topological polar surface area (TPSA) is 216 Å². The lowest BCUT2D eigenvalue weighted by Gasteiger charge is -2.16. The number of benzene rings is 6. The minimum Gasteiger partial charge on any atom is -0.434 e. The lowest BCUT2D eigenvalue weighted by molar-refractivity contribution is -0.0511. The van der Waals surface area contributed by atoms with Gasteiger partial charge in [-0.15, -0.1) is 0 Å². The van der Waals surface area contributed by atoms with Crippen molar-refractivity contribution in [3.8, 4) is 28.4 Å². The van der Waals surface area contributed by atoms with Gasteiger partial charge in [0.25, 0.3) is 16.7 Å². The van der Waals surface area contributed by atoms with E-state index in [1.807, 2.05) is 18.2 Å². The molecule has 478 valence electrons. The van der Waals surface area contributed by atoms with Crippen molar-refractivity contribution in [1.29, 1.82) is 0 Å². The van der Waals surface area contributed by atoms with E-state index in [-0.39, 0.29) is 59.4 Å². The lowest BCUT2D eigenvalue weighted by atomic mass is 10.1. The van der Waals surface area contributed by atoms with Crippen molar-refractivity contribution in [3.05, 3.63) is 226 Å². The average Bonchev–Trinajstić information content (AvgIpc) is 1.63. The molecule has 30 heteroatoms. The van der Waals surface area contributed by atoms with E-state index >= 15 is 0 Å². The van der Waals surface area contributed by atoms with Crippen LogP contribution >= 0.6 is 47.8 Å². The van der Waals surface area contributed by atoms with Crippen LogP contribution in [0.25, 0.3) is 43.8 Å². The average molecular weight is 1460 g/mol. The van der Waals surface area contributed by atoms with E-state index in [0.717, 1.165) is 31.2 Å². The molecule has 0 radical (unpaired) electrons. The molecule has 0 aliphatic rings. The molecule has 0 amide bonds. The molecular formula is C62H55Br3F6N14O7. The van der Waals surface area contributed by atoms with Gasteiger partial charge in [-0.05, 0) is 121 Å². The van der Waals surface area contributed by atoms with E-state index in [9.17, 15) is 45.8 Å². The summed E-state index contributed by atoms with van der Waals surface area (Å²) in [6.07, 6.45) is 9.19. The summed E-state index contributed by atoms with van der Waals surface area (Å²) in [5.41, 5.74) is 5.89. The second kappa shape index (κ2) is 28.2. The Balaban J connectivity index is 0.000000155. The Morgan fingerprint density at radius 3 is 1.22 bits per heavy atom. The summed E-state index contributed by atoms with van der Waals surface area (Å²) in [4.78, 5) is 54.3. The number of halogens is 9. The van der Waals surface area contributed by atoms with Gasteiger partial charge in [0.05, 0.1) is 65.4 Å². The van der Waals surface area contributed by atoms with E-state index in [1.54, 1.807) is 156 Å². The molecule has 0 atom stereocenters. The first kappa shape index (κ1) is 65.8. The first-order valence-electron chi connectivity index (χ1n) is 27.8. The summed E-state index contributed by atoms with van der Waals surface area (Å²) >= 11 is 10.2. The fourth-order valence-corrected chi connectivity index (χ4v) is 11.3. The van der Waals surface area contributed by atoms with Crippen LogP contribution in [0.1, 0.15) is 53.1 Å². The van der Waals surface area contributed by atoms with Crippen LogP contribution in [0.3, 0.4) is 0 Å². The van der Waals surface area contributed by atoms with Crippen molar-refractivity contribution in [2.45, 2.75) is 77.3 Å². The number of alkyl halides is 7. The van der Waals surface area contributed by atoms with Gasteiger partial charge in [-0.3, -0.25) is 42.5 Å². The number of aliphatic hydroxyl groups is 1. The number of hydrogen-bond acceptors (Lipinski definition) is 13. The molecule has 0 saturated carbocycles. The molecule has 0 bridgehead atoms. The second-order valence-corrected chi connectivity index (χ2v) is 23.7. The predicted molar refractivity (Wildman–Crippen MR) is 341 cm³/mol. The zero-order valence-corrected chi connectivity index (χ0v) is 54.1. The maximum atomic E-state index is 13.2. The number of ether oxygens (including phenoxy) is 3. The van der Waals surface area contributed by atoms with Gasteiger partial charge in [0.2, 0.25) is 0 Å². The van der Waals surface area contributed by atoms with Crippen molar-refractivity contribution in [2.24, 2.45) is 21.1 Å². The highest BCUT2D eigenvalue weighted by molar-refractivity contribution is 9.10. The molecule has 6 heterocycles. The molecule has 21 nitrogen and oxygen atoms in total. The Hall–Kier alpha value is -9.13. The van der Waals surface area contributed by atoms with Gasteiger partial charge >= 0.3 is 19.8 Å². The molecule has 1 N–H and O–H groups in total. The minimum atomic E-state index is -3.00. The van der Waals surface area contributed by atoms with Gasteiger partial charge in [-0.1, -0.05) is 72.1 Å². The van der Waals surface area contributed by atoms with E-state index in [4.69, 9.17) is 9.47 Å². The number of rotatable bonds is 19. The first-order valence-corrected chi connectivity index (χ1v) is 30.5. The van der Waals surface area contributed by atoms with Crippen molar-refractivity contribution < 1.29 is 45.7 Å². The summed E-state index contributed by atoms with van der Waals surface area (Å²) in [5, 5.41) is 20.5. The summed E-state index contributed by atoms with van der Waals surface area (Å²) in [7, 11) is 4.91. The lowest BCUT2D eigenvalue weighted by Crippen LogP contribution is -2.20. The van der Waals surface area contributed by atoms with Crippen molar-refractivity contribution in [2.75, 3.05) is 0 Å². The summed E-state index contributed by atoms with van der Waals surface area (Å²) < 4.78 is 106. The van der Waals surface area contributed by atoms with Gasteiger partial charge in [-0.2, -0.15) is 36.5 Å². The third-order valence-electron chi connectivity index (χ3n) is 14.7. The van der Waals surface area contributed by atoms with Gasteiger partial charge in [-0.25, -0.2) is 29.3 Å². The number of fused-ring (bicyclic) bond motifs is 3. The molecular weight excluding hydrogens is 1410 g/mol. The van der Waals surface area contributed by atoms with Crippen molar-refractivity contribution in [3.63, 3.8) is 0 Å². The molecule has 0 fully saturated rings. The number of hydrogen-bond donors (Lipinski definition) is 1. The predicted octanol–water partition coefficient (Wildman–Crippen LogP) is 11.4. The molecule has 12 rings (SSSR count). The van der Waals surface area contributed by atoms with E-state index in [1.165, 1.54) is 44.9 Å². The van der Waals surface area contributed by atoms with Gasteiger partial charge in [0.15, 0.2) is 5.82 Å². The van der Waals surface area contributed by atoms with E-state index in [2.05, 4.69) is 82.7 Å². The SMILES string of the molecule is Cn1c(=O)c2ccc(-c3cnc(C(C)(C)O)nc3)cc2n1Cc1cc(Cn2cncn2)ccc1OC(F)F.Cn1c(=O)c2ccc(Br)cc2n1Cc1cc(CBr)ccc1OC(F)F.Cn1c(=O)c2ccc(Br)cc2n1Cc1cc(Cn2cncn2)ccc1OC(F)F. The standard InChI is InChI=1S/C26H25F2N7O3.C19H16BrF2N5O2.C17H14Br2F2N2O2/c1-26(2,37)24-30-10-19(11-31-24)17-5-6-20-21(9-17)35(33(3)23(20)36)13-18-8-16(12-34-15-29-14-32-34)4-7-22(18)38-25(27)28;1-25-18(28)15-4-3-14(20)7-16(15)27(25)9-13-6-12(8-26-11-23-10-24-26)2-5-17(13)29-19(21)22;1-22-16(24)13-4-3-12(19)7-14(13)23(22)9-11-6-10(8-18)2-5-15(11)25-17(20)21/h4-11,14-15,25,37H,12-13H2,1-3H3;2-7,10-11,19H,8-9H2,1H3;2-7,17H,8-9H2,1H3. The quantitative estimate of drug-likeness (QED) is 0.0589. The fourth-order valence-electron chi connectivity index (χ4n) is 10.3. The number of aromatic nitrogens is 14. The summed E-state index contributed by atoms with van der Waals surface area (Å²) in [6, 6.07) is 31.0. The molecule has 6 aromatic heterocycles. The second-order valence-electron chi connectivity index (χ2n) is 21.3. The van der Waals surface area contributed by atoms with Gasteiger partial charge in [0.1, 0.15) is 48.2 Å². The normalized spacial score (nSPS) is 11.7. The van der Waals surface area contributed by atoms with Crippen molar-refractivity contribution >= 4 is 80.5 Å². The maximum Gasteiger partial charge on any atom is 0.387 e. The highest BCUT2D eigenvalue weighted by atomic mass is 79.9. The van der Waals surface area contributed by atoms with Gasteiger partial charge < -0.3 is 19.3 Å². The molecule has 0 unspecified atom stereocenters. The first-order chi connectivity index (χ1) is 43.9. The highest BCUT2D eigenvalue weighted by Crippen LogP contribution is 2.31.